The van der Waals surface area contributed by atoms with Crippen molar-refractivity contribution >= 4 is 23.3 Å². The summed E-state index contributed by atoms with van der Waals surface area (Å²) >= 11 is 1.38. The maximum atomic E-state index is 12.1. The molecule has 168 valence electrons. The van der Waals surface area contributed by atoms with Gasteiger partial charge >= 0.3 is 5.97 Å². The van der Waals surface area contributed by atoms with E-state index in [0.29, 0.717) is 17.2 Å². The molecule has 1 aromatic heterocycles. The second kappa shape index (κ2) is 11.2. The van der Waals surface area contributed by atoms with Gasteiger partial charge in [-0.15, -0.1) is 11.3 Å². The second-order valence-corrected chi connectivity index (χ2v) is 8.64. The topological polar surface area (TPSA) is 78.9 Å². The Kier molecular flexibility index (Phi) is 8.43. The van der Waals surface area contributed by atoms with Crippen molar-refractivity contribution in [2.24, 2.45) is 4.99 Å². The second-order valence-electron chi connectivity index (χ2n) is 7.61. The summed E-state index contributed by atoms with van der Waals surface area (Å²) in [5.74, 6) is 0.456. The average Bonchev–Trinajstić information content (AvgIpc) is 3.16. The predicted octanol–water partition coefficient (Wildman–Crippen LogP) is 3.30. The number of aromatic nitrogens is 1. The number of nitrogens with one attached hydrogen (secondary N) is 2. The van der Waals surface area contributed by atoms with Crippen LogP contribution in [0.2, 0.25) is 0 Å². The van der Waals surface area contributed by atoms with Crippen LogP contribution < -0.4 is 10.6 Å². The fraction of sp³-hybridized carbons (Fsp3) is 0.522. The zero-order valence-corrected chi connectivity index (χ0v) is 19.7. The number of rotatable bonds is 8. The maximum Gasteiger partial charge on any atom is 0.350 e. The van der Waals surface area contributed by atoms with Gasteiger partial charge in [-0.1, -0.05) is 24.3 Å². The highest BCUT2D eigenvalue weighted by Gasteiger charge is 2.20. The molecule has 1 aromatic carbocycles. The van der Waals surface area contributed by atoms with E-state index in [9.17, 15) is 4.79 Å². The standard InChI is InChI=1S/C23H33N5O2S/c1-5-24-23(25-12-14-28-13-11-18-9-7-8-10-19(18)15-28)27-17(4)21-26-16(3)20(31-21)22(29)30-6-2/h7-10,17H,5-6,11-15H2,1-4H3,(H2,24,25,27). The highest BCUT2D eigenvalue weighted by molar-refractivity contribution is 7.13. The van der Waals surface area contributed by atoms with Crippen LogP contribution in [0.3, 0.4) is 0 Å². The van der Waals surface area contributed by atoms with Crippen LogP contribution in [0.15, 0.2) is 29.3 Å². The molecule has 1 atom stereocenters. The van der Waals surface area contributed by atoms with Gasteiger partial charge in [-0.2, -0.15) is 0 Å². The number of thiazole rings is 1. The number of benzene rings is 1. The van der Waals surface area contributed by atoms with Crippen molar-refractivity contribution < 1.29 is 9.53 Å². The Morgan fingerprint density at radius 3 is 2.84 bits per heavy atom. The molecule has 2 N–H and O–H groups in total. The van der Waals surface area contributed by atoms with Crippen LogP contribution in [-0.4, -0.2) is 54.6 Å². The number of ether oxygens (including phenoxy) is 1. The number of hydrogen-bond acceptors (Lipinski definition) is 6. The fourth-order valence-corrected chi connectivity index (χ4v) is 4.59. The minimum Gasteiger partial charge on any atom is -0.462 e. The molecular formula is C23H33N5O2S. The first-order chi connectivity index (χ1) is 15.0. The summed E-state index contributed by atoms with van der Waals surface area (Å²) in [5.41, 5.74) is 3.60. The van der Waals surface area contributed by atoms with Gasteiger partial charge in [0.25, 0.3) is 0 Å². The monoisotopic (exact) mass is 443 g/mol. The largest absolute Gasteiger partial charge is 0.462 e. The number of aliphatic imine (C=N–C) groups is 1. The first kappa shape index (κ1) is 23.2. The molecule has 1 aliphatic rings. The maximum absolute atomic E-state index is 12.1. The van der Waals surface area contributed by atoms with Gasteiger partial charge in [0, 0.05) is 26.2 Å². The van der Waals surface area contributed by atoms with Gasteiger partial charge in [-0.05, 0) is 45.2 Å². The van der Waals surface area contributed by atoms with Gasteiger partial charge < -0.3 is 15.4 Å². The average molecular weight is 444 g/mol. The van der Waals surface area contributed by atoms with Gasteiger partial charge in [0.1, 0.15) is 9.88 Å². The quantitative estimate of drug-likeness (QED) is 0.370. The highest BCUT2D eigenvalue weighted by Crippen LogP contribution is 2.24. The van der Waals surface area contributed by atoms with Gasteiger partial charge in [0.05, 0.1) is 24.9 Å². The first-order valence-electron chi connectivity index (χ1n) is 11.0. The molecule has 8 heteroatoms. The van der Waals surface area contributed by atoms with Crippen molar-refractivity contribution in [3.05, 3.63) is 51.0 Å². The van der Waals surface area contributed by atoms with Gasteiger partial charge in [-0.3, -0.25) is 9.89 Å². The van der Waals surface area contributed by atoms with Crippen LogP contribution >= 0.6 is 11.3 Å². The van der Waals surface area contributed by atoms with E-state index < -0.39 is 0 Å². The van der Waals surface area contributed by atoms with E-state index in [0.717, 1.165) is 50.1 Å². The zero-order chi connectivity index (χ0) is 22.2. The zero-order valence-electron chi connectivity index (χ0n) is 18.9. The minimum absolute atomic E-state index is 0.0634. The number of carbonyl (C=O) groups excluding carboxylic acids is 1. The lowest BCUT2D eigenvalue weighted by molar-refractivity contribution is 0.0531. The van der Waals surface area contributed by atoms with Crippen LogP contribution in [0.25, 0.3) is 0 Å². The molecule has 31 heavy (non-hydrogen) atoms. The van der Waals surface area contributed by atoms with Crippen molar-refractivity contribution in [3.63, 3.8) is 0 Å². The number of nitrogens with zero attached hydrogens (tertiary/aromatic N) is 3. The normalized spacial score (nSPS) is 15.3. The summed E-state index contributed by atoms with van der Waals surface area (Å²) in [4.78, 5) is 24.4. The molecular weight excluding hydrogens is 410 g/mol. The lowest BCUT2D eigenvalue weighted by Gasteiger charge is -2.28. The van der Waals surface area contributed by atoms with E-state index in [1.807, 2.05) is 13.8 Å². The number of hydrogen-bond donors (Lipinski definition) is 2. The lowest BCUT2D eigenvalue weighted by Crippen LogP contribution is -2.39. The van der Waals surface area contributed by atoms with Crippen molar-refractivity contribution in [2.45, 2.75) is 46.7 Å². The third-order valence-corrected chi connectivity index (χ3v) is 6.56. The van der Waals surface area contributed by atoms with Crippen LogP contribution in [0, 0.1) is 6.92 Å². The van der Waals surface area contributed by atoms with E-state index in [2.05, 4.69) is 51.7 Å². The molecule has 0 amide bonds. The fourth-order valence-electron chi connectivity index (χ4n) is 3.62. The molecule has 3 rings (SSSR count). The Balaban J connectivity index is 1.57. The molecule has 0 spiro atoms. The van der Waals surface area contributed by atoms with Crippen LogP contribution in [-0.2, 0) is 17.7 Å². The third kappa shape index (κ3) is 6.27. The van der Waals surface area contributed by atoms with Crippen molar-refractivity contribution in [1.82, 2.24) is 20.5 Å². The van der Waals surface area contributed by atoms with E-state index in [-0.39, 0.29) is 12.0 Å². The van der Waals surface area contributed by atoms with Gasteiger partial charge in [0.15, 0.2) is 5.96 Å². The number of fused-ring (bicyclic) bond motifs is 1. The van der Waals surface area contributed by atoms with Crippen LogP contribution in [0.1, 0.15) is 58.3 Å². The summed E-state index contributed by atoms with van der Waals surface area (Å²) in [5, 5.41) is 7.57. The molecule has 2 heterocycles. The Morgan fingerprint density at radius 2 is 2.10 bits per heavy atom. The summed E-state index contributed by atoms with van der Waals surface area (Å²) in [6.07, 6.45) is 1.10. The molecule has 7 nitrogen and oxygen atoms in total. The summed E-state index contributed by atoms with van der Waals surface area (Å²) in [6, 6.07) is 8.62. The number of aryl methyl sites for hydroxylation is 1. The summed E-state index contributed by atoms with van der Waals surface area (Å²) < 4.78 is 5.12. The Bertz CT molecular complexity index is 911. The van der Waals surface area contributed by atoms with Crippen LogP contribution in [0.4, 0.5) is 0 Å². The first-order valence-corrected chi connectivity index (χ1v) is 11.8. The number of esters is 1. The van der Waals surface area contributed by atoms with E-state index in [1.54, 1.807) is 6.92 Å². The number of guanidine groups is 1. The summed E-state index contributed by atoms with van der Waals surface area (Å²) in [7, 11) is 0. The molecule has 0 fully saturated rings. The number of carbonyl (C=O) groups is 1. The molecule has 1 unspecified atom stereocenters. The predicted molar refractivity (Wildman–Crippen MR) is 126 cm³/mol. The Morgan fingerprint density at radius 1 is 1.32 bits per heavy atom. The molecule has 0 aliphatic carbocycles. The molecule has 0 radical (unpaired) electrons. The van der Waals surface area contributed by atoms with Crippen LogP contribution in [0.5, 0.6) is 0 Å². The lowest BCUT2D eigenvalue weighted by atomic mass is 10.0. The van der Waals surface area contributed by atoms with Crippen molar-refractivity contribution in [1.29, 1.82) is 0 Å². The SMILES string of the molecule is CCNC(=NCCN1CCc2ccccc2C1)NC(C)c1nc(C)c(C(=O)OCC)s1. The third-order valence-electron chi connectivity index (χ3n) is 5.24. The van der Waals surface area contributed by atoms with E-state index in [1.165, 1.54) is 22.5 Å². The Hall–Kier alpha value is -2.45. The molecule has 1 aliphatic heterocycles. The smallest absolute Gasteiger partial charge is 0.350 e. The molecule has 0 saturated carbocycles. The minimum atomic E-state index is -0.306. The Labute approximate surface area is 188 Å². The van der Waals surface area contributed by atoms with Crippen molar-refractivity contribution in [3.8, 4) is 0 Å². The van der Waals surface area contributed by atoms with E-state index in [4.69, 9.17) is 9.73 Å². The van der Waals surface area contributed by atoms with Gasteiger partial charge in [0.2, 0.25) is 0 Å². The highest BCUT2D eigenvalue weighted by atomic mass is 32.1. The summed E-state index contributed by atoms with van der Waals surface area (Å²) in [6.45, 7) is 12.6. The van der Waals surface area contributed by atoms with E-state index >= 15 is 0 Å². The molecule has 0 saturated heterocycles. The molecule has 0 bridgehead atoms. The van der Waals surface area contributed by atoms with Crippen molar-refractivity contribution in [2.75, 3.05) is 32.8 Å². The molecule has 2 aromatic rings. The van der Waals surface area contributed by atoms with Gasteiger partial charge in [-0.25, -0.2) is 9.78 Å².